The van der Waals surface area contributed by atoms with Crippen LogP contribution in [0, 0.1) is 0 Å². The number of carbonyl (C=O) groups excluding carboxylic acids is 1. The van der Waals surface area contributed by atoms with E-state index in [0.29, 0.717) is 11.9 Å². The average Bonchev–Trinajstić information content (AvgIpc) is 2.88. The van der Waals surface area contributed by atoms with Crippen molar-refractivity contribution in [3.63, 3.8) is 0 Å². The molecule has 2 aromatic rings. The van der Waals surface area contributed by atoms with E-state index in [4.69, 9.17) is 4.98 Å². The number of aromatic amines is 1. The van der Waals surface area contributed by atoms with Gasteiger partial charge in [-0.1, -0.05) is 49.6 Å². The molecule has 0 unspecified atom stereocenters. The zero-order valence-electron chi connectivity index (χ0n) is 19.8. The number of nitrogens with zero attached hydrogens (tertiary/aromatic N) is 3. The summed E-state index contributed by atoms with van der Waals surface area (Å²) in [5, 5.41) is 0. The van der Waals surface area contributed by atoms with E-state index in [2.05, 4.69) is 9.88 Å². The number of piperidine rings is 1. The van der Waals surface area contributed by atoms with Gasteiger partial charge in [-0.15, -0.1) is 0 Å². The summed E-state index contributed by atoms with van der Waals surface area (Å²) < 4.78 is 0. The number of fused-ring (bicyclic) bond motifs is 1. The van der Waals surface area contributed by atoms with Crippen LogP contribution < -0.4 is 5.56 Å². The van der Waals surface area contributed by atoms with E-state index >= 15 is 0 Å². The fourth-order valence-electron chi connectivity index (χ4n) is 6.01. The molecule has 2 aliphatic heterocycles. The largest absolute Gasteiger partial charge is 0.332 e. The summed E-state index contributed by atoms with van der Waals surface area (Å²) in [6, 6.07) is 10.4. The summed E-state index contributed by atoms with van der Waals surface area (Å²) >= 11 is 0. The summed E-state index contributed by atoms with van der Waals surface area (Å²) in [6.45, 7) is 4.41. The molecule has 1 aliphatic carbocycles. The normalized spacial score (nSPS) is 23.2. The molecule has 0 bridgehead atoms. The van der Waals surface area contributed by atoms with Gasteiger partial charge in [0.1, 0.15) is 5.82 Å². The standard InChI is InChI=1S/C27H36N4O2/c1-19(20-10-4-2-5-11-20)27(33)31-16-9-8-14-24(31)25-28-23-18-30(21-12-6-3-7-13-21)17-15-22(23)26(32)29-25/h2,4-5,10-11,19,21,24H,3,6-9,12-18H2,1H3,(H,28,29,32)/t19-,24-/m0/s1. The third kappa shape index (κ3) is 4.63. The van der Waals surface area contributed by atoms with Crippen molar-refractivity contribution in [2.75, 3.05) is 13.1 Å². The molecule has 33 heavy (non-hydrogen) atoms. The highest BCUT2D eigenvalue weighted by molar-refractivity contribution is 5.83. The van der Waals surface area contributed by atoms with Gasteiger partial charge in [-0.3, -0.25) is 14.5 Å². The highest BCUT2D eigenvalue weighted by Crippen LogP contribution is 2.33. The van der Waals surface area contributed by atoms with E-state index in [1.165, 1.54) is 32.1 Å². The molecule has 1 saturated carbocycles. The van der Waals surface area contributed by atoms with Crippen molar-refractivity contribution in [3.8, 4) is 0 Å². The molecule has 2 fully saturated rings. The Hall–Kier alpha value is -2.47. The van der Waals surface area contributed by atoms with Crippen LogP contribution in [-0.4, -0.2) is 44.8 Å². The fourth-order valence-corrected chi connectivity index (χ4v) is 6.01. The van der Waals surface area contributed by atoms with E-state index in [-0.39, 0.29) is 23.4 Å². The van der Waals surface area contributed by atoms with Crippen LogP contribution in [-0.2, 0) is 17.8 Å². The second-order valence-corrected chi connectivity index (χ2v) is 10.1. The maximum atomic E-state index is 13.5. The van der Waals surface area contributed by atoms with Crippen molar-refractivity contribution in [1.29, 1.82) is 0 Å². The molecule has 0 radical (unpaired) electrons. The summed E-state index contributed by atoms with van der Waals surface area (Å²) in [7, 11) is 0. The number of H-pyrrole nitrogens is 1. The minimum absolute atomic E-state index is 0.00706. The van der Waals surface area contributed by atoms with Gasteiger partial charge in [0.2, 0.25) is 5.91 Å². The Labute approximate surface area is 196 Å². The van der Waals surface area contributed by atoms with Crippen molar-refractivity contribution < 1.29 is 4.79 Å². The van der Waals surface area contributed by atoms with Gasteiger partial charge in [-0.05, 0) is 51.0 Å². The lowest BCUT2D eigenvalue weighted by Gasteiger charge is -2.38. The maximum Gasteiger partial charge on any atom is 0.254 e. The Balaban J connectivity index is 1.40. The number of rotatable bonds is 4. The molecule has 1 saturated heterocycles. The van der Waals surface area contributed by atoms with E-state index in [9.17, 15) is 9.59 Å². The van der Waals surface area contributed by atoms with Crippen molar-refractivity contribution in [3.05, 3.63) is 63.3 Å². The van der Waals surface area contributed by atoms with Crippen LogP contribution in [0.3, 0.4) is 0 Å². The Morgan fingerprint density at radius 3 is 2.58 bits per heavy atom. The summed E-state index contributed by atoms with van der Waals surface area (Å²) in [5.74, 6) is 0.589. The smallest absolute Gasteiger partial charge is 0.254 e. The second-order valence-electron chi connectivity index (χ2n) is 10.1. The molecular weight excluding hydrogens is 412 g/mol. The van der Waals surface area contributed by atoms with E-state index in [1.54, 1.807) is 0 Å². The van der Waals surface area contributed by atoms with Crippen LogP contribution in [0.25, 0.3) is 0 Å². The molecule has 2 atom stereocenters. The highest BCUT2D eigenvalue weighted by atomic mass is 16.2. The molecule has 176 valence electrons. The molecule has 0 spiro atoms. The van der Waals surface area contributed by atoms with E-state index in [1.807, 2.05) is 42.2 Å². The van der Waals surface area contributed by atoms with Gasteiger partial charge in [-0.2, -0.15) is 0 Å². The fraction of sp³-hybridized carbons (Fsp3) is 0.593. The number of nitrogens with one attached hydrogen (secondary N) is 1. The number of hydrogen-bond donors (Lipinski definition) is 1. The first-order valence-electron chi connectivity index (χ1n) is 12.8. The first-order valence-corrected chi connectivity index (χ1v) is 12.8. The molecule has 1 aromatic carbocycles. The topological polar surface area (TPSA) is 69.3 Å². The Kier molecular flexibility index (Phi) is 6.63. The monoisotopic (exact) mass is 448 g/mol. The SMILES string of the molecule is C[C@H](C(=O)N1CCCC[C@H]1c1nc2c(c(=O)[nH]1)CCN(C1CCCCC1)C2)c1ccccc1. The van der Waals surface area contributed by atoms with Crippen LogP contribution in [0.5, 0.6) is 0 Å². The maximum absolute atomic E-state index is 13.5. The second kappa shape index (κ2) is 9.80. The molecule has 6 nitrogen and oxygen atoms in total. The van der Waals surface area contributed by atoms with Crippen molar-refractivity contribution >= 4 is 5.91 Å². The van der Waals surface area contributed by atoms with Crippen molar-refractivity contribution in [2.24, 2.45) is 0 Å². The quantitative estimate of drug-likeness (QED) is 0.756. The van der Waals surface area contributed by atoms with Gasteiger partial charge in [0, 0.05) is 31.2 Å². The lowest BCUT2D eigenvalue weighted by molar-refractivity contribution is -0.136. The summed E-state index contributed by atoms with van der Waals surface area (Å²) in [6.07, 6.45) is 10.1. The third-order valence-electron chi connectivity index (χ3n) is 7.98. The Morgan fingerprint density at radius 2 is 1.79 bits per heavy atom. The van der Waals surface area contributed by atoms with Crippen LogP contribution in [0.15, 0.2) is 35.1 Å². The minimum Gasteiger partial charge on any atom is -0.332 e. The molecular formula is C27H36N4O2. The van der Waals surface area contributed by atoms with Gasteiger partial charge < -0.3 is 9.88 Å². The summed E-state index contributed by atoms with van der Waals surface area (Å²) in [4.78, 5) is 39.1. The average molecular weight is 449 g/mol. The predicted molar refractivity (Wildman–Crippen MR) is 129 cm³/mol. The first-order chi connectivity index (χ1) is 16.1. The molecule has 1 amide bonds. The van der Waals surface area contributed by atoms with E-state index < -0.39 is 0 Å². The van der Waals surface area contributed by atoms with Crippen LogP contribution >= 0.6 is 0 Å². The zero-order valence-corrected chi connectivity index (χ0v) is 19.8. The van der Waals surface area contributed by atoms with Crippen molar-refractivity contribution in [2.45, 2.75) is 89.3 Å². The third-order valence-corrected chi connectivity index (χ3v) is 7.98. The lowest BCUT2D eigenvalue weighted by atomic mass is 9.92. The zero-order chi connectivity index (χ0) is 22.8. The van der Waals surface area contributed by atoms with E-state index in [0.717, 1.165) is 62.1 Å². The van der Waals surface area contributed by atoms with Gasteiger partial charge in [0.05, 0.1) is 17.7 Å². The number of benzene rings is 1. The number of aromatic nitrogens is 2. The molecule has 3 aliphatic rings. The van der Waals surface area contributed by atoms with Crippen LogP contribution in [0.2, 0.25) is 0 Å². The van der Waals surface area contributed by atoms with Gasteiger partial charge in [0.15, 0.2) is 0 Å². The molecule has 6 heteroatoms. The molecule has 5 rings (SSSR count). The minimum atomic E-state index is -0.210. The predicted octanol–water partition coefficient (Wildman–Crippen LogP) is 4.32. The van der Waals surface area contributed by atoms with Crippen LogP contribution in [0.1, 0.15) is 92.9 Å². The van der Waals surface area contributed by atoms with Gasteiger partial charge in [0.25, 0.3) is 5.56 Å². The Morgan fingerprint density at radius 1 is 1.03 bits per heavy atom. The number of amides is 1. The van der Waals surface area contributed by atoms with Gasteiger partial charge in [-0.25, -0.2) is 4.98 Å². The Bertz CT molecular complexity index is 1030. The first kappa shape index (κ1) is 22.3. The number of likely N-dealkylation sites (tertiary alicyclic amines) is 1. The number of carbonyl (C=O) groups is 1. The van der Waals surface area contributed by atoms with Gasteiger partial charge >= 0.3 is 0 Å². The lowest BCUT2D eigenvalue weighted by Crippen LogP contribution is -2.44. The molecule has 1 aromatic heterocycles. The highest BCUT2D eigenvalue weighted by Gasteiger charge is 2.34. The number of hydrogen-bond acceptors (Lipinski definition) is 4. The molecule has 1 N–H and O–H groups in total. The van der Waals surface area contributed by atoms with Crippen molar-refractivity contribution in [1.82, 2.24) is 19.8 Å². The van der Waals surface area contributed by atoms with Crippen LogP contribution in [0.4, 0.5) is 0 Å². The summed E-state index contributed by atoms with van der Waals surface area (Å²) in [5.41, 5.74) is 2.80. The molecule has 3 heterocycles.